The number of carbonyl (C=O) groups excluding carboxylic acids is 1. The van der Waals surface area contributed by atoms with Crippen LogP contribution in [0.25, 0.3) is 0 Å². The van der Waals surface area contributed by atoms with E-state index in [-0.39, 0.29) is 12.2 Å². The maximum atomic E-state index is 12.1. The molecule has 0 aliphatic rings. The van der Waals surface area contributed by atoms with Crippen molar-refractivity contribution in [2.45, 2.75) is 72.5 Å². The van der Waals surface area contributed by atoms with Gasteiger partial charge in [-0.2, -0.15) is 0 Å². The van der Waals surface area contributed by atoms with E-state index in [1.54, 1.807) is 18.1 Å². The molecule has 0 saturated carbocycles. The smallest absolute Gasteiger partial charge is 0.410 e. The first kappa shape index (κ1) is 28.6. The largest absolute Gasteiger partial charge is 0.444 e. The summed E-state index contributed by atoms with van der Waals surface area (Å²) < 4.78 is 16.4. The van der Waals surface area contributed by atoms with E-state index in [2.05, 4.69) is 26.2 Å². The van der Waals surface area contributed by atoms with Crippen LogP contribution in [-0.2, 0) is 14.2 Å². The van der Waals surface area contributed by atoms with Gasteiger partial charge in [0.05, 0.1) is 12.7 Å². The van der Waals surface area contributed by atoms with Crippen LogP contribution in [0.4, 0.5) is 4.79 Å². The van der Waals surface area contributed by atoms with E-state index in [1.165, 1.54) is 5.57 Å². The van der Waals surface area contributed by atoms with Gasteiger partial charge in [0.2, 0.25) is 0 Å². The van der Waals surface area contributed by atoms with Gasteiger partial charge in [0.15, 0.2) is 0 Å². The first-order chi connectivity index (χ1) is 13.2. The molecule has 0 bridgehead atoms. The highest BCUT2D eigenvalue weighted by Gasteiger charge is 2.20. The van der Waals surface area contributed by atoms with Crippen LogP contribution in [0.15, 0.2) is 37.0 Å². The lowest BCUT2D eigenvalue weighted by Crippen LogP contribution is -2.37. The highest BCUT2D eigenvalue weighted by atomic mass is 16.6. The van der Waals surface area contributed by atoms with Gasteiger partial charge in [-0.1, -0.05) is 37.6 Å². The number of hydrogen-bond donors (Lipinski definition) is 0. The van der Waals surface area contributed by atoms with Crippen molar-refractivity contribution in [1.82, 2.24) is 4.90 Å². The molecule has 0 aliphatic heterocycles. The van der Waals surface area contributed by atoms with Gasteiger partial charge in [0.25, 0.3) is 0 Å². The Kier molecular flexibility index (Phi) is 17.9. The van der Waals surface area contributed by atoms with Gasteiger partial charge < -0.3 is 19.1 Å². The van der Waals surface area contributed by atoms with E-state index in [0.29, 0.717) is 26.3 Å². The Bertz CT molecular complexity index is 452. The minimum absolute atomic E-state index is 0.101. The van der Waals surface area contributed by atoms with Crippen LogP contribution in [0, 0.1) is 0 Å². The van der Waals surface area contributed by atoms with Crippen LogP contribution >= 0.6 is 0 Å². The molecule has 1 amide bonds. The van der Waals surface area contributed by atoms with Crippen molar-refractivity contribution in [3.63, 3.8) is 0 Å². The summed E-state index contributed by atoms with van der Waals surface area (Å²) in [5.74, 6) is 0. The predicted octanol–water partition coefficient (Wildman–Crippen LogP) is 5.77. The standard InChI is InChI=1S/C21H37NO4.C2H6/c1-8-14-22(20(23)26-21(4,5)6)15-11-16-25-17-18(3)12-10-13-19(9-2)24-7;1-2/h8-9,12,19H,1-2,10-11,13-17H2,3-7H3;1-2H3/b18-12-;. The fourth-order valence-electron chi connectivity index (χ4n) is 2.21. The van der Waals surface area contributed by atoms with E-state index in [1.807, 2.05) is 40.7 Å². The predicted molar refractivity (Wildman–Crippen MR) is 119 cm³/mol. The molecule has 5 nitrogen and oxygen atoms in total. The topological polar surface area (TPSA) is 48.0 Å². The van der Waals surface area contributed by atoms with Gasteiger partial charge in [-0.05, 0) is 47.0 Å². The van der Waals surface area contributed by atoms with Gasteiger partial charge in [0, 0.05) is 26.8 Å². The lowest BCUT2D eigenvalue weighted by molar-refractivity contribution is 0.0254. The SMILES string of the molecule is C=CCN(CCCOC/C(C)=C\CCC(C=C)OC)C(=O)OC(C)(C)C.CC. The summed E-state index contributed by atoms with van der Waals surface area (Å²) in [6, 6.07) is 0. The van der Waals surface area contributed by atoms with Crippen LogP contribution in [0.1, 0.15) is 60.8 Å². The van der Waals surface area contributed by atoms with E-state index >= 15 is 0 Å². The Morgan fingerprint density at radius 3 is 2.36 bits per heavy atom. The number of carbonyl (C=O) groups is 1. The Balaban J connectivity index is 0. The van der Waals surface area contributed by atoms with Crippen LogP contribution < -0.4 is 0 Å². The molecule has 28 heavy (non-hydrogen) atoms. The van der Waals surface area contributed by atoms with Crippen molar-refractivity contribution >= 4 is 6.09 Å². The van der Waals surface area contributed by atoms with Gasteiger partial charge in [-0.25, -0.2) is 4.79 Å². The number of amides is 1. The molecule has 0 radical (unpaired) electrons. The highest BCUT2D eigenvalue weighted by molar-refractivity contribution is 5.68. The molecule has 164 valence electrons. The molecule has 0 N–H and O–H groups in total. The number of hydrogen-bond acceptors (Lipinski definition) is 4. The summed E-state index contributed by atoms with van der Waals surface area (Å²) in [4.78, 5) is 13.8. The molecule has 0 rings (SSSR count). The van der Waals surface area contributed by atoms with Gasteiger partial charge in [0.1, 0.15) is 5.60 Å². The lowest BCUT2D eigenvalue weighted by atomic mass is 10.1. The minimum atomic E-state index is -0.498. The van der Waals surface area contributed by atoms with Gasteiger partial charge in [-0.15, -0.1) is 13.2 Å². The monoisotopic (exact) mass is 397 g/mol. The summed E-state index contributed by atoms with van der Waals surface area (Å²) >= 11 is 0. The maximum absolute atomic E-state index is 12.1. The fourth-order valence-corrected chi connectivity index (χ4v) is 2.21. The molecular weight excluding hydrogens is 354 g/mol. The molecule has 0 spiro atoms. The van der Waals surface area contributed by atoms with Crippen LogP contribution in [0.3, 0.4) is 0 Å². The van der Waals surface area contributed by atoms with Crippen molar-refractivity contribution in [2.75, 3.05) is 33.4 Å². The molecule has 1 atom stereocenters. The van der Waals surface area contributed by atoms with Crippen molar-refractivity contribution in [3.8, 4) is 0 Å². The third kappa shape index (κ3) is 16.6. The summed E-state index contributed by atoms with van der Waals surface area (Å²) in [5.41, 5.74) is 0.696. The van der Waals surface area contributed by atoms with E-state index < -0.39 is 5.60 Å². The third-order valence-corrected chi connectivity index (χ3v) is 3.56. The van der Waals surface area contributed by atoms with Crippen LogP contribution in [-0.4, -0.2) is 56.1 Å². The zero-order chi connectivity index (χ0) is 22.0. The molecule has 0 heterocycles. The molecule has 0 aliphatic carbocycles. The zero-order valence-electron chi connectivity index (χ0n) is 19.3. The van der Waals surface area contributed by atoms with Crippen LogP contribution in [0.2, 0.25) is 0 Å². The number of nitrogens with zero attached hydrogens (tertiary/aromatic N) is 1. The normalized spacial score (nSPS) is 12.5. The first-order valence-electron chi connectivity index (χ1n) is 10.2. The van der Waals surface area contributed by atoms with E-state index in [0.717, 1.165) is 19.3 Å². The molecule has 0 aromatic rings. The Hall–Kier alpha value is -1.59. The molecule has 0 aromatic heterocycles. The van der Waals surface area contributed by atoms with Crippen LogP contribution in [0.5, 0.6) is 0 Å². The number of allylic oxidation sites excluding steroid dienone is 1. The second-order valence-corrected chi connectivity index (χ2v) is 7.26. The van der Waals surface area contributed by atoms with Crippen molar-refractivity contribution in [3.05, 3.63) is 37.0 Å². The minimum Gasteiger partial charge on any atom is -0.444 e. The lowest BCUT2D eigenvalue weighted by Gasteiger charge is -2.26. The molecule has 5 heteroatoms. The van der Waals surface area contributed by atoms with Crippen molar-refractivity contribution < 1.29 is 19.0 Å². The summed E-state index contributed by atoms with van der Waals surface area (Å²) in [6.45, 7) is 21.3. The second kappa shape index (κ2) is 17.5. The summed E-state index contributed by atoms with van der Waals surface area (Å²) in [6.07, 6.45) is 8.08. The van der Waals surface area contributed by atoms with Crippen molar-refractivity contribution in [2.24, 2.45) is 0 Å². The van der Waals surface area contributed by atoms with Crippen molar-refractivity contribution in [1.29, 1.82) is 0 Å². The second-order valence-electron chi connectivity index (χ2n) is 7.26. The molecule has 0 saturated heterocycles. The van der Waals surface area contributed by atoms with Gasteiger partial charge >= 0.3 is 6.09 Å². The molecule has 1 unspecified atom stereocenters. The fraction of sp³-hybridized carbons (Fsp3) is 0.696. The van der Waals surface area contributed by atoms with E-state index in [4.69, 9.17) is 14.2 Å². The Labute approximate surface area is 173 Å². The molecule has 0 fully saturated rings. The number of methoxy groups -OCH3 is 1. The average molecular weight is 398 g/mol. The number of rotatable bonds is 13. The van der Waals surface area contributed by atoms with E-state index in [9.17, 15) is 4.79 Å². The average Bonchev–Trinajstić information content (AvgIpc) is 2.64. The Morgan fingerprint density at radius 1 is 1.21 bits per heavy atom. The zero-order valence-corrected chi connectivity index (χ0v) is 19.3. The number of ether oxygens (including phenoxy) is 3. The molecular formula is C23H43NO4. The molecule has 0 aromatic carbocycles. The first-order valence-corrected chi connectivity index (χ1v) is 10.2. The summed E-state index contributed by atoms with van der Waals surface area (Å²) in [5, 5.41) is 0. The maximum Gasteiger partial charge on any atom is 0.410 e. The quantitative estimate of drug-likeness (QED) is 0.292. The van der Waals surface area contributed by atoms with Gasteiger partial charge in [-0.3, -0.25) is 0 Å². The highest BCUT2D eigenvalue weighted by Crippen LogP contribution is 2.10. The summed E-state index contributed by atoms with van der Waals surface area (Å²) in [7, 11) is 1.69. The third-order valence-electron chi connectivity index (χ3n) is 3.56. The Morgan fingerprint density at radius 2 is 1.86 bits per heavy atom.